The molecule has 33 heavy (non-hydrogen) atoms. The van der Waals surface area contributed by atoms with Crippen molar-refractivity contribution in [2.45, 2.75) is 76.7 Å². The van der Waals surface area contributed by atoms with Gasteiger partial charge in [-0.15, -0.1) is 0 Å². The van der Waals surface area contributed by atoms with Gasteiger partial charge < -0.3 is 14.5 Å². The molecule has 0 radical (unpaired) electrons. The van der Waals surface area contributed by atoms with E-state index in [1.807, 2.05) is 0 Å². The van der Waals surface area contributed by atoms with Crippen LogP contribution in [-0.4, -0.2) is 49.2 Å². The fraction of sp³-hybridized carbons (Fsp3) is 0.667. The fourth-order valence-corrected chi connectivity index (χ4v) is 3.88. The lowest BCUT2D eigenvalue weighted by atomic mass is 10.2. The van der Waals surface area contributed by atoms with E-state index in [1.165, 1.54) is 10.8 Å². The summed E-state index contributed by atoms with van der Waals surface area (Å²) in [5, 5.41) is 1.68. The van der Waals surface area contributed by atoms with Crippen molar-refractivity contribution >= 4 is 14.2 Å². The summed E-state index contributed by atoms with van der Waals surface area (Å²) >= 11 is 0. The third-order valence-corrected chi connectivity index (χ3v) is 10.4. The third kappa shape index (κ3) is 7.31. The predicted octanol–water partition coefficient (Wildman–Crippen LogP) is 2.46. The second kappa shape index (κ2) is 10.3. The summed E-state index contributed by atoms with van der Waals surface area (Å²) in [7, 11) is -1.94. The Bertz CT molecular complexity index is 1030. The molecule has 1 aliphatic heterocycles. The van der Waals surface area contributed by atoms with Gasteiger partial charge in [0.15, 0.2) is 8.32 Å². The van der Waals surface area contributed by atoms with Crippen molar-refractivity contribution in [3.8, 4) is 11.8 Å². The van der Waals surface area contributed by atoms with Gasteiger partial charge in [0, 0.05) is 18.2 Å². The van der Waals surface area contributed by atoms with Gasteiger partial charge in [-0.25, -0.2) is 4.79 Å². The van der Waals surface area contributed by atoms with Gasteiger partial charge in [-0.1, -0.05) is 32.6 Å². The first kappa shape index (κ1) is 26.9. The van der Waals surface area contributed by atoms with E-state index >= 15 is 0 Å². The maximum atomic E-state index is 12.3. The van der Waals surface area contributed by atoms with Crippen molar-refractivity contribution in [3.63, 3.8) is 0 Å². The zero-order chi connectivity index (χ0) is 25.0. The van der Waals surface area contributed by atoms with Gasteiger partial charge in [0.2, 0.25) is 0 Å². The zero-order valence-electron chi connectivity index (χ0n) is 19.4. The van der Waals surface area contributed by atoms with E-state index < -0.39 is 44.4 Å². The monoisotopic (exact) mass is 489 g/mol. The van der Waals surface area contributed by atoms with Crippen LogP contribution in [-0.2, 0) is 20.4 Å². The Morgan fingerprint density at radius 1 is 1.27 bits per heavy atom. The number of ether oxygens (including phenoxy) is 1. The minimum Gasteiger partial charge on any atom is -0.414 e. The summed E-state index contributed by atoms with van der Waals surface area (Å²) in [6.45, 7) is 10.6. The van der Waals surface area contributed by atoms with Crippen molar-refractivity contribution in [2.75, 3.05) is 13.2 Å². The molecule has 0 spiro atoms. The van der Waals surface area contributed by atoms with Crippen LogP contribution >= 0.6 is 0 Å². The number of alkyl halides is 3. The molecule has 2 heterocycles. The van der Waals surface area contributed by atoms with Crippen molar-refractivity contribution in [3.05, 3.63) is 32.6 Å². The molecule has 1 aromatic heterocycles. The van der Waals surface area contributed by atoms with E-state index in [0.29, 0.717) is 19.4 Å². The van der Waals surface area contributed by atoms with E-state index in [2.05, 4.69) is 50.7 Å². The highest BCUT2D eigenvalue weighted by atomic mass is 28.4. The number of nitrogens with zero attached hydrogens (tertiary/aromatic N) is 1. The Morgan fingerprint density at radius 2 is 1.94 bits per heavy atom. The van der Waals surface area contributed by atoms with Crippen LogP contribution in [0, 0.1) is 11.8 Å². The van der Waals surface area contributed by atoms with Gasteiger partial charge in [0.05, 0.1) is 19.3 Å². The van der Waals surface area contributed by atoms with Crippen molar-refractivity contribution < 1.29 is 27.1 Å². The molecule has 2 N–H and O–H groups in total. The Kier molecular flexibility index (Phi) is 8.37. The Balaban J connectivity index is 2.00. The number of halogens is 3. The molecule has 1 fully saturated rings. The number of carbonyl (C=O) groups is 1. The molecule has 1 saturated heterocycles. The SMILES string of the molecule is CC(C)(C)[Si](C)(C)OC[C@H]1CC[C@@H](n2cc(CC#CCNC(=O)C(F)(F)F)c(=O)[nH]c2=O)O1. The van der Waals surface area contributed by atoms with Crippen LogP contribution < -0.4 is 16.6 Å². The van der Waals surface area contributed by atoms with Gasteiger partial charge in [-0.3, -0.25) is 19.1 Å². The highest BCUT2D eigenvalue weighted by molar-refractivity contribution is 6.74. The van der Waals surface area contributed by atoms with Crippen molar-refractivity contribution in [1.29, 1.82) is 0 Å². The summed E-state index contributed by atoms with van der Waals surface area (Å²) in [5.74, 6) is 2.79. The topological polar surface area (TPSA) is 102 Å². The lowest BCUT2D eigenvalue weighted by molar-refractivity contribution is -0.173. The number of nitrogens with one attached hydrogen (secondary N) is 2. The first-order chi connectivity index (χ1) is 15.1. The minimum atomic E-state index is -4.98. The number of aromatic amines is 1. The molecule has 0 aromatic carbocycles. The molecular formula is C21H30F3N3O5Si. The number of H-pyrrole nitrogens is 1. The summed E-state index contributed by atoms with van der Waals surface area (Å²) < 4.78 is 49.9. The number of amides is 1. The van der Waals surface area contributed by atoms with E-state index in [1.54, 1.807) is 5.32 Å². The van der Waals surface area contributed by atoms with Gasteiger partial charge in [0.25, 0.3) is 5.56 Å². The van der Waals surface area contributed by atoms with Crippen molar-refractivity contribution in [2.24, 2.45) is 0 Å². The van der Waals surface area contributed by atoms with Crippen LogP contribution in [0.4, 0.5) is 13.2 Å². The normalized spacial score (nSPS) is 19.2. The second-order valence-electron chi connectivity index (χ2n) is 9.39. The largest absolute Gasteiger partial charge is 0.471 e. The van der Waals surface area contributed by atoms with Crippen LogP contribution in [0.5, 0.6) is 0 Å². The maximum Gasteiger partial charge on any atom is 0.471 e. The van der Waals surface area contributed by atoms with Gasteiger partial charge in [-0.05, 0) is 31.0 Å². The Morgan fingerprint density at radius 3 is 2.55 bits per heavy atom. The van der Waals surface area contributed by atoms with E-state index in [4.69, 9.17) is 9.16 Å². The maximum absolute atomic E-state index is 12.3. The van der Waals surface area contributed by atoms with E-state index in [-0.39, 0.29) is 23.1 Å². The average molecular weight is 490 g/mol. The van der Waals surface area contributed by atoms with Gasteiger partial charge >= 0.3 is 17.8 Å². The summed E-state index contributed by atoms with van der Waals surface area (Å²) in [6.07, 6.45) is -3.23. The molecule has 184 valence electrons. The summed E-state index contributed by atoms with van der Waals surface area (Å²) in [6, 6.07) is 0. The molecule has 1 aromatic rings. The quantitative estimate of drug-likeness (QED) is 0.472. The fourth-order valence-electron chi connectivity index (χ4n) is 2.84. The number of aromatic nitrogens is 2. The highest BCUT2D eigenvalue weighted by Gasteiger charge is 2.39. The highest BCUT2D eigenvalue weighted by Crippen LogP contribution is 2.37. The lowest BCUT2D eigenvalue weighted by Crippen LogP contribution is -2.42. The molecule has 0 aliphatic carbocycles. The average Bonchev–Trinajstić information content (AvgIpc) is 3.14. The van der Waals surface area contributed by atoms with Crippen LogP contribution in [0.2, 0.25) is 18.1 Å². The summed E-state index contributed by atoms with van der Waals surface area (Å²) in [4.78, 5) is 37.3. The minimum absolute atomic E-state index is 0.0619. The predicted molar refractivity (Wildman–Crippen MR) is 118 cm³/mol. The smallest absolute Gasteiger partial charge is 0.414 e. The van der Waals surface area contributed by atoms with Gasteiger partial charge in [0.1, 0.15) is 6.23 Å². The molecule has 0 saturated carbocycles. The van der Waals surface area contributed by atoms with E-state index in [0.717, 1.165) is 0 Å². The second-order valence-corrected chi connectivity index (χ2v) is 14.2. The zero-order valence-corrected chi connectivity index (χ0v) is 20.4. The first-order valence-corrected chi connectivity index (χ1v) is 13.5. The number of rotatable bonds is 6. The Hall–Kier alpha value is -2.36. The number of hydrogen-bond acceptors (Lipinski definition) is 5. The van der Waals surface area contributed by atoms with Gasteiger partial charge in [-0.2, -0.15) is 13.2 Å². The third-order valence-electron chi connectivity index (χ3n) is 5.87. The molecule has 8 nitrogen and oxygen atoms in total. The van der Waals surface area contributed by atoms with Crippen LogP contribution in [0.25, 0.3) is 0 Å². The van der Waals surface area contributed by atoms with Crippen LogP contribution in [0.15, 0.2) is 15.8 Å². The number of hydrogen-bond donors (Lipinski definition) is 2. The molecule has 1 aliphatic rings. The molecule has 1 amide bonds. The van der Waals surface area contributed by atoms with E-state index in [9.17, 15) is 27.6 Å². The molecule has 0 bridgehead atoms. The molecular weight excluding hydrogens is 459 g/mol. The Labute approximate surface area is 191 Å². The number of carbonyl (C=O) groups excluding carboxylic acids is 1. The van der Waals surface area contributed by atoms with Crippen molar-refractivity contribution in [1.82, 2.24) is 14.9 Å². The lowest BCUT2D eigenvalue weighted by Gasteiger charge is -2.36. The standard InChI is InChI=1S/C21H30F3N3O5Si/c1-20(2,3)33(4,5)31-13-15-9-10-16(32-15)27-12-14(17(28)26-19(27)30)8-6-7-11-25-18(29)21(22,23)24/h12,15-16H,8-11,13H2,1-5H3,(H,25,29)(H,26,28,30)/t15-,16+/m1/s1. The first-order valence-electron chi connectivity index (χ1n) is 10.6. The summed E-state index contributed by atoms with van der Waals surface area (Å²) in [5.41, 5.74) is -1.10. The molecule has 12 heteroatoms. The molecule has 0 unspecified atom stereocenters. The van der Waals surface area contributed by atoms with Crippen LogP contribution in [0.3, 0.4) is 0 Å². The molecule has 2 rings (SSSR count). The molecule has 2 atom stereocenters. The van der Waals surface area contributed by atoms with Crippen LogP contribution in [0.1, 0.15) is 45.4 Å².